The first-order valence-corrected chi connectivity index (χ1v) is 8.34. The predicted molar refractivity (Wildman–Crippen MR) is 92.2 cm³/mol. The summed E-state index contributed by atoms with van der Waals surface area (Å²) in [5.41, 5.74) is 11.5. The van der Waals surface area contributed by atoms with Crippen molar-refractivity contribution in [2.75, 3.05) is 6.54 Å². The van der Waals surface area contributed by atoms with Crippen LogP contribution in [0.3, 0.4) is 0 Å². The van der Waals surface area contributed by atoms with E-state index in [1.807, 2.05) is 24.3 Å². The molecule has 1 aromatic carbocycles. The average Bonchev–Trinajstić information content (AvgIpc) is 3.09. The van der Waals surface area contributed by atoms with Gasteiger partial charge < -0.3 is 10.8 Å². The lowest BCUT2D eigenvalue weighted by atomic mass is 9.93. The zero-order valence-corrected chi connectivity index (χ0v) is 13.3. The molecule has 120 valence electrons. The molecule has 1 aliphatic carbocycles. The molecule has 0 amide bonds. The predicted octanol–water partition coefficient (Wildman–Crippen LogP) is 2.12. The molecule has 0 saturated heterocycles. The summed E-state index contributed by atoms with van der Waals surface area (Å²) < 4.78 is 0. The number of fused-ring (bicyclic) bond motifs is 1. The van der Waals surface area contributed by atoms with Gasteiger partial charge in [0.1, 0.15) is 0 Å². The topological polar surface area (TPSA) is 70.3 Å². The van der Waals surface area contributed by atoms with E-state index >= 15 is 0 Å². The van der Waals surface area contributed by atoms with E-state index in [1.165, 1.54) is 5.57 Å². The summed E-state index contributed by atoms with van der Waals surface area (Å²) in [6.07, 6.45) is 8.88. The summed E-state index contributed by atoms with van der Waals surface area (Å²) in [6.45, 7) is 2.98. The standard InChI is InChI=1S/C19H23N3O/c1-2-12-18-17-13(6-4-7-14(17)19(12)23)15(20)8-3-5-11-9-16(22-18)21-10-11/h3-9,12,16,18-19,21-23H,2,10,20H2,1H3/b5-3-,15-8?. The van der Waals surface area contributed by atoms with Crippen molar-refractivity contribution < 1.29 is 5.11 Å². The van der Waals surface area contributed by atoms with Gasteiger partial charge in [-0.15, -0.1) is 0 Å². The van der Waals surface area contributed by atoms with Gasteiger partial charge in [0, 0.05) is 29.8 Å². The highest BCUT2D eigenvalue weighted by atomic mass is 16.3. The molecule has 5 N–H and O–H groups in total. The Morgan fingerprint density at radius 1 is 1.35 bits per heavy atom. The van der Waals surface area contributed by atoms with Crippen LogP contribution in [0.5, 0.6) is 0 Å². The van der Waals surface area contributed by atoms with Crippen LogP contribution in [0.25, 0.3) is 5.70 Å². The van der Waals surface area contributed by atoms with Crippen molar-refractivity contribution in [2.24, 2.45) is 11.7 Å². The van der Waals surface area contributed by atoms with Crippen molar-refractivity contribution in [3.63, 3.8) is 0 Å². The van der Waals surface area contributed by atoms with Gasteiger partial charge in [-0.2, -0.15) is 0 Å². The van der Waals surface area contributed by atoms with Crippen LogP contribution in [0.1, 0.15) is 42.2 Å². The van der Waals surface area contributed by atoms with E-state index in [1.54, 1.807) is 0 Å². The number of hydrogen-bond donors (Lipinski definition) is 4. The largest absolute Gasteiger partial charge is 0.398 e. The second kappa shape index (κ2) is 5.64. The zero-order chi connectivity index (χ0) is 16.0. The minimum absolute atomic E-state index is 0.0966. The van der Waals surface area contributed by atoms with Gasteiger partial charge in [-0.25, -0.2) is 0 Å². The third-order valence-electron chi connectivity index (χ3n) is 5.24. The molecule has 4 atom stereocenters. The fourth-order valence-electron chi connectivity index (χ4n) is 4.07. The first kappa shape index (κ1) is 14.7. The van der Waals surface area contributed by atoms with Crippen LogP contribution < -0.4 is 16.4 Å². The lowest BCUT2D eigenvalue weighted by molar-refractivity contribution is 0.0989. The third kappa shape index (κ3) is 2.34. The summed E-state index contributed by atoms with van der Waals surface area (Å²) in [5, 5.41) is 17.9. The quantitative estimate of drug-likeness (QED) is 0.641. The van der Waals surface area contributed by atoms with E-state index in [-0.39, 0.29) is 18.1 Å². The number of nitrogens with two attached hydrogens (primary N) is 1. The van der Waals surface area contributed by atoms with Crippen LogP contribution in [0, 0.1) is 5.92 Å². The van der Waals surface area contributed by atoms with Crippen LogP contribution >= 0.6 is 0 Å². The normalized spacial score (nSPS) is 33.5. The van der Waals surface area contributed by atoms with Crippen LogP contribution in [-0.2, 0) is 0 Å². The molecule has 1 aromatic rings. The van der Waals surface area contributed by atoms with E-state index in [2.05, 4.69) is 35.8 Å². The molecule has 4 rings (SSSR count). The van der Waals surface area contributed by atoms with Crippen molar-refractivity contribution >= 4 is 5.70 Å². The Balaban J connectivity index is 1.89. The van der Waals surface area contributed by atoms with E-state index < -0.39 is 6.10 Å². The Labute approximate surface area is 136 Å². The molecule has 0 spiro atoms. The van der Waals surface area contributed by atoms with Gasteiger partial charge in [0.05, 0.1) is 12.3 Å². The monoisotopic (exact) mass is 309 g/mol. The van der Waals surface area contributed by atoms with Gasteiger partial charge in [0.15, 0.2) is 0 Å². The summed E-state index contributed by atoms with van der Waals surface area (Å²) in [7, 11) is 0. The fourth-order valence-corrected chi connectivity index (χ4v) is 4.07. The minimum atomic E-state index is -0.441. The van der Waals surface area contributed by atoms with Crippen molar-refractivity contribution in [1.82, 2.24) is 10.6 Å². The summed E-state index contributed by atoms with van der Waals surface area (Å²) in [4.78, 5) is 0. The molecule has 3 aliphatic rings. The molecule has 4 heteroatoms. The number of nitrogens with one attached hydrogen (secondary N) is 2. The number of aliphatic hydroxyl groups excluding tert-OH is 1. The van der Waals surface area contributed by atoms with Crippen molar-refractivity contribution in [2.45, 2.75) is 31.7 Å². The Morgan fingerprint density at radius 3 is 3.04 bits per heavy atom. The van der Waals surface area contributed by atoms with Gasteiger partial charge in [-0.1, -0.05) is 37.3 Å². The average molecular weight is 309 g/mol. The lowest BCUT2D eigenvalue weighted by Gasteiger charge is -2.26. The van der Waals surface area contributed by atoms with Crippen molar-refractivity contribution in [3.8, 4) is 0 Å². The highest BCUT2D eigenvalue weighted by Gasteiger charge is 2.41. The molecular weight excluding hydrogens is 286 g/mol. The van der Waals surface area contributed by atoms with E-state index in [4.69, 9.17) is 5.73 Å². The summed E-state index contributed by atoms with van der Waals surface area (Å²) >= 11 is 0. The van der Waals surface area contributed by atoms with Crippen molar-refractivity contribution in [3.05, 3.63) is 64.8 Å². The number of benzene rings is 1. The molecule has 4 unspecified atom stereocenters. The van der Waals surface area contributed by atoms with Crippen LogP contribution in [-0.4, -0.2) is 17.8 Å². The Kier molecular flexibility index (Phi) is 3.60. The first-order valence-electron chi connectivity index (χ1n) is 8.34. The number of hydrogen-bond acceptors (Lipinski definition) is 4. The van der Waals surface area contributed by atoms with Crippen LogP contribution in [0.15, 0.2) is 48.1 Å². The lowest BCUT2D eigenvalue weighted by Crippen LogP contribution is -2.41. The molecule has 2 bridgehead atoms. The molecule has 23 heavy (non-hydrogen) atoms. The van der Waals surface area contributed by atoms with E-state index in [0.29, 0.717) is 0 Å². The number of rotatable bonds is 1. The fraction of sp³-hybridized carbons (Fsp3) is 0.368. The summed E-state index contributed by atoms with van der Waals surface area (Å²) in [6, 6.07) is 6.17. The molecule has 2 aliphatic heterocycles. The van der Waals surface area contributed by atoms with Gasteiger partial charge in [-0.05, 0) is 35.3 Å². The van der Waals surface area contributed by atoms with E-state index in [0.717, 1.165) is 35.4 Å². The molecule has 2 heterocycles. The van der Waals surface area contributed by atoms with Gasteiger partial charge in [0.25, 0.3) is 0 Å². The molecule has 0 radical (unpaired) electrons. The minimum Gasteiger partial charge on any atom is -0.398 e. The molecule has 0 aromatic heterocycles. The second-order valence-corrected chi connectivity index (χ2v) is 6.55. The zero-order valence-electron chi connectivity index (χ0n) is 13.3. The van der Waals surface area contributed by atoms with Gasteiger partial charge in [-0.3, -0.25) is 10.6 Å². The highest BCUT2D eigenvalue weighted by molar-refractivity contribution is 5.70. The van der Waals surface area contributed by atoms with E-state index in [9.17, 15) is 5.11 Å². The van der Waals surface area contributed by atoms with Gasteiger partial charge >= 0.3 is 0 Å². The number of aliphatic hydroxyl groups is 1. The molecule has 0 saturated carbocycles. The Bertz CT molecular complexity index is 719. The molecular formula is C19H23N3O. The molecule has 4 nitrogen and oxygen atoms in total. The molecule has 0 fully saturated rings. The third-order valence-corrected chi connectivity index (χ3v) is 5.24. The summed E-state index contributed by atoms with van der Waals surface area (Å²) in [5.74, 6) is 0.159. The SMILES string of the molecule is CCC1C(O)c2cccc3c2C1NC1C=C(/C=C\C=C3N)CN1. The highest BCUT2D eigenvalue weighted by Crippen LogP contribution is 2.47. The number of allylic oxidation sites excluding steroid dienone is 2. The first-order chi connectivity index (χ1) is 11.2. The smallest absolute Gasteiger partial charge is 0.0839 e. The maximum Gasteiger partial charge on any atom is 0.0839 e. The van der Waals surface area contributed by atoms with Crippen molar-refractivity contribution in [1.29, 1.82) is 0 Å². The van der Waals surface area contributed by atoms with Crippen LogP contribution in [0.4, 0.5) is 0 Å². The van der Waals surface area contributed by atoms with Gasteiger partial charge in [0.2, 0.25) is 0 Å². The Morgan fingerprint density at radius 2 is 2.22 bits per heavy atom. The van der Waals surface area contributed by atoms with Crippen LogP contribution in [0.2, 0.25) is 0 Å². The maximum absolute atomic E-state index is 10.8. The second-order valence-electron chi connectivity index (χ2n) is 6.55. The Hall–Kier alpha value is -1.88. The maximum atomic E-state index is 10.8.